The second-order valence-electron chi connectivity index (χ2n) is 4.21. The average molecular weight is 206 g/mol. The SMILES string of the molecule is Cc1ccc(C(C)N(C)CCCN)cc1. The molecule has 0 aliphatic heterocycles. The van der Waals surface area contributed by atoms with Gasteiger partial charge >= 0.3 is 0 Å². The Morgan fingerprint density at radius 1 is 1.27 bits per heavy atom. The van der Waals surface area contributed by atoms with Crippen molar-refractivity contribution in [3.05, 3.63) is 35.4 Å². The molecule has 0 saturated heterocycles. The minimum absolute atomic E-state index is 0.470. The highest BCUT2D eigenvalue weighted by atomic mass is 15.1. The molecule has 1 rings (SSSR count). The van der Waals surface area contributed by atoms with Crippen LogP contribution >= 0.6 is 0 Å². The Kier molecular flexibility index (Phi) is 4.79. The number of rotatable bonds is 5. The van der Waals surface area contributed by atoms with Crippen LogP contribution in [0.15, 0.2) is 24.3 Å². The van der Waals surface area contributed by atoms with Gasteiger partial charge in [0.05, 0.1) is 0 Å². The minimum atomic E-state index is 0.470. The van der Waals surface area contributed by atoms with E-state index in [0.717, 1.165) is 19.5 Å². The predicted octanol–water partition coefficient (Wildman–Crippen LogP) is 2.34. The molecule has 0 spiro atoms. The Bertz CT molecular complexity index is 279. The van der Waals surface area contributed by atoms with Crippen LogP contribution in [0.4, 0.5) is 0 Å². The lowest BCUT2D eigenvalue weighted by Gasteiger charge is -2.24. The molecule has 2 heteroatoms. The van der Waals surface area contributed by atoms with Gasteiger partial charge in [-0.25, -0.2) is 0 Å². The first-order valence-electron chi connectivity index (χ1n) is 5.62. The summed E-state index contributed by atoms with van der Waals surface area (Å²) in [6.45, 7) is 6.18. The summed E-state index contributed by atoms with van der Waals surface area (Å²) in [4.78, 5) is 2.34. The Hall–Kier alpha value is -0.860. The number of nitrogens with two attached hydrogens (primary N) is 1. The lowest BCUT2D eigenvalue weighted by Crippen LogP contribution is -2.25. The van der Waals surface area contributed by atoms with Crippen LogP contribution in [0, 0.1) is 6.92 Å². The number of aryl methyl sites for hydroxylation is 1. The minimum Gasteiger partial charge on any atom is -0.330 e. The van der Waals surface area contributed by atoms with E-state index in [4.69, 9.17) is 5.73 Å². The van der Waals surface area contributed by atoms with Crippen molar-refractivity contribution < 1.29 is 0 Å². The number of hydrogen-bond donors (Lipinski definition) is 1. The standard InChI is InChI=1S/C13H22N2/c1-11-5-7-13(8-6-11)12(2)15(3)10-4-9-14/h5-8,12H,4,9-10,14H2,1-3H3. The third kappa shape index (κ3) is 3.65. The van der Waals surface area contributed by atoms with E-state index in [0.29, 0.717) is 6.04 Å². The van der Waals surface area contributed by atoms with Gasteiger partial charge in [0.2, 0.25) is 0 Å². The predicted molar refractivity (Wildman–Crippen MR) is 65.9 cm³/mol. The molecule has 0 heterocycles. The van der Waals surface area contributed by atoms with Crippen LogP contribution in [0.1, 0.15) is 30.5 Å². The van der Waals surface area contributed by atoms with Gasteiger partial charge in [0.1, 0.15) is 0 Å². The molecule has 1 atom stereocenters. The molecule has 0 aliphatic carbocycles. The first kappa shape index (κ1) is 12.2. The van der Waals surface area contributed by atoms with Crippen molar-refractivity contribution in [2.24, 2.45) is 5.73 Å². The van der Waals surface area contributed by atoms with E-state index in [-0.39, 0.29) is 0 Å². The molecular weight excluding hydrogens is 184 g/mol. The first-order valence-corrected chi connectivity index (χ1v) is 5.62. The zero-order valence-corrected chi connectivity index (χ0v) is 10.0. The average Bonchev–Trinajstić information content (AvgIpc) is 2.26. The Morgan fingerprint density at radius 3 is 2.40 bits per heavy atom. The molecule has 84 valence electrons. The fourth-order valence-corrected chi connectivity index (χ4v) is 1.63. The third-order valence-electron chi connectivity index (χ3n) is 2.94. The van der Waals surface area contributed by atoms with Gasteiger partial charge in [-0.05, 0) is 46.0 Å². The fraction of sp³-hybridized carbons (Fsp3) is 0.538. The summed E-state index contributed by atoms with van der Waals surface area (Å²) in [6.07, 6.45) is 1.06. The van der Waals surface area contributed by atoms with Gasteiger partial charge < -0.3 is 5.73 Å². The summed E-state index contributed by atoms with van der Waals surface area (Å²) in [7, 11) is 2.15. The first-order chi connectivity index (χ1) is 7.15. The molecule has 0 saturated carbocycles. The Labute approximate surface area is 93.1 Å². The molecule has 0 fully saturated rings. The second-order valence-corrected chi connectivity index (χ2v) is 4.21. The van der Waals surface area contributed by atoms with E-state index in [1.165, 1.54) is 11.1 Å². The Morgan fingerprint density at radius 2 is 1.87 bits per heavy atom. The van der Waals surface area contributed by atoms with E-state index < -0.39 is 0 Å². The summed E-state index contributed by atoms with van der Waals surface area (Å²) >= 11 is 0. The van der Waals surface area contributed by atoms with Crippen molar-refractivity contribution in [1.29, 1.82) is 0 Å². The van der Waals surface area contributed by atoms with E-state index >= 15 is 0 Å². The van der Waals surface area contributed by atoms with Crippen molar-refractivity contribution in [3.63, 3.8) is 0 Å². The maximum atomic E-state index is 5.51. The number of hydrogen-bond acceptors (Lipinski definition) is 2. The molecule has 2 N–H and O–H groups in total. The molecule has 1 aromatic rings. The summed E-state index contributed by atoms with van der Waals surface area (Å²) < 4.78 is 0. The van der Waals surface area contributed by atoms with Gasteiger partial charge in [-0.15, -0.1) is 0 Å². The van der Waals surface area contributed by atoms with Gasteiger partial charge in [-0.2, -0.15) is 0 Å². The molecule has 1 aromatic carbocycles. The lowest BCUT2D eigenvalue weighted by atomic mass is 10.1. The van der Waals surface area contributed by atoms with Crippen LogP contribution in [-0.4, -0.2) is 25.0 Å². The lowest BCUT2D eigenvalue weighted by molar-refractivity contribution is 0.260. The van der Waals surface area contributed by atoms with Gasteiger partial charge in [0, 0.05) is 6.04 Å². The molecular formula is C13H22N2. The van der Waals surface area contributed by atoms with Crippen molar-refractivity contribution in [2.75, 3.05) is 20.1 Å². The molecule has 0 radical (unpaired) electrons. The van der Waals surface area contributed by atoms with Gasteiger partial charge in [0.25, 0.3) is 0 Å². The Balaban J connectivity index is 2.59. The summed E-state index contributed by atoms with van der Waals surface area (Å²) in [5.74, 6) is 0. The maximum absolute atomic E-state index is 5.51. The normalized spacial score (nSPS) is 13.1. The topological polar surface area (TPSA) is 29.3 Å². The van der Waals surface area contributed by atoms with Crippen molar-refractivity contribution in [3.8, 4) is 0 Å². The highest BCUT2D eigenvalue weighted by Gasteiger charge is 2.10. The van der Waals surface area contributed by atoms with Crippen LogP contribution in [0.25, 0.3) is 0 Å². The molecule has 0 aromatic heterocycles. The van der Waals surface area contributed by atoms with Crippen LogP contribution in [0.5, 0.6) is 0 Å². The fourth-order valence-electron chi connectivity index (χ4n) is 1.63. The monoisotopic (exact) mass is 206 g/mol. The highest BCUT2D eigenvalue weighted by molar-refractivity contribution is 5.23. The molecule has 1 unspecified atom stereocenters. The summed E-state index contributed by atoms with van der Waals surface area (Å²) in [5, 5.41) is 0. The molecule has 0 bridgehead atoms. The smallest absolute Gasteiger partial charge is 0.0316 e. The van der Waals surface area contributed by atoms with Crippen molar-refractivity contribution in [2.45, 2.75) is 26.3 Å². The molecule has 2 nitrogen and oxygen atoms in total. The largest absolute Gasteiger partial charge is 0.330 e. The highest BCUT2D eigenvalue weighted by Crippen LogP contribution is 2.18. The summed E-state index contributed by atoms with van der Waals surface area (Å²) in [5.41, 5.74) is 8.20. The molecule has 15 heavy (non-hydrogen) atoms. The number of benzene rings is 1. The van der Waals surface area contributed by atoms with Gasteiger partial charge in [-0.1, -0.05) is 29.8 Å². The van der Waals surface area contributed by atoms with E-state index in [9.17, 15) is 0 Å². The van der Waals surface area contributed by atoms with E-state index in [1.807, 2.05) is 0 Å². The zero-order chi connectivity index (χ0) is 11.3. The third-order valence-corrected chi connectivity index (χ3v) is 2.94. The van der Waals surface area contributed by atoms with Crippen molar-refractivity contribution >= 4 is 0 Å². The van der Waals surface area contributed by atoms with E-state index in [1.54, 1.807) is 0 Å². The second kappa shape index (κ2) is 5.89. The number of nitrogens with zero attached hydrogens (tertiary/aromatic N) is 1. The van der Waals surface area contributed by atoms with Crippen LogP contribution in [0.2, 0.25) is 0 Å². The zero-order valence-electron chi connectivity index (χ0n) is 10.0. The quantitative estimate of drug-likeness (QED) is 0.801. The van der Waals surface area contributed by atoms with Crippen LogP contribution < -0.4 is 5.73 Å². The maximum Gasteiger partial charge on any atom is 0.0316 e. The molecule has 0 aliphatic rings. The van der Waals surface area contributed by atoms with Crippen LogP contribution in [-0.2, 0) is 0 Å². The van der Waals surface area contributed by atoms with Gasteiger partial charge in [-0.3, -0.25) is 4.90 Å². The van der Waals surface area contributed by atoms with Crippen molar-refractivity contribution in [1.82, 2.24) is 4.90 Å². The van der Waals surface area contributed by atoms with Crippen LogP contribution in [0.3, 0.4) is 0 Å². The van der Waals surface area contributed by atoms with E-state index in [2.05, 4.69) is 50.1 Å². The van der Waals surface area contributed by atoms with Gasteiger partial charge in [0.15, 0.2) is 0 Å². The summed E-state index contributed by atoms with van der Waals surface area (Å²) in [6, 6.07) is 9.22. The molecule has 0 amide bonds.